The summed E-state index contributed by atoms with van der Waals surface area (Å²) >= 11 is 6.03. The van der Waals surface area contributed by atoms with Crippen LogP contribution in [-0.2, 0) is 10.0 Å². The van der Waals surface area contributed by atoms with Gasteiger partial charge in [-0.1, -0.05) is 25.4 Å². The minimum Gasteiger partial charge on any atom is -0.476 e. The number of sulfonamides is 1. The molecule has 0 radical (unpaired) electrons. The van der Waals surface area contributed by atoms with Crippen molar-refractivity contribution in [2.24, 2.45) is 5.92 Å². The Hall–Kier alpha value is -2.46. The van der Waals surface area contributed by atoms with Gasteiger partial charge in [0.2, 0.25) is 15.9 Å². The standard InChI is InChI=1S/C17H17ClF2N2O5S/c1-9(2)8-26-17-12(18)4-10(7-21-17)27-15-6-13(19)11(5-14(15)20)16(23)22-28(3,24)25/h4-7,9H,8H2,1-3H3,(H,22,23). The van der Waals surface area contributed by atoms with Gasteiger partial charge in [0.05, 0.1) is 24.6 Å². The molecule has 1 aromatic heterocycles. The fourth-order valence-corrected chi connectivity index (χ4v) is 2.60. The number of benzene rings is 1. The van der Waals surface area contributed by atoms with E-state index in [0.717, 1.165) is 0 Å². The van der Waals surface area contributed by atoms with Crippen molar-refractivity contribution in [2.75, 3.05) is 12.9 Å². The minimum absolute atomic E-state index is 0.00790. The van der Waals surface area contributed by atoms with Crippen molar-refractivity contribution in [3.8, 4) is 17.4 Å². The number of aromatic nitrogens is 1. The van der Waals surface area contributed by atoms with Gasteiger partial charge < -0.3 is 9.47 Å². The molecule has 0 bridgehead atoms. The highest BCUT2D eigenvalue weighted by atomic mass is 35.5. The van der Waals surface area contributed by atoms with Crippen LogP contribution >= 0.6 is 11.6 Å². The van der Waals surface area contributed by atoms with E-state index in [1.54, 1.807) is 4.72 Å². The number of nitrogens with one attached hydrogen (secondary N) is 1. The van der Waals surface area contributed by atoms with Crippen molar-refractivity contribution >= 4 is 27.5 Å². The first-order chi connectivity index (χ1) is 13.0. The number of pyridine rings is 1. The molecule has 152 valence electrons. The first-order valence-corrected chi connectivity index (χ1v) is 10.2. The van der Waals surface area contributed by atoms with Crippen LogP contribution in [0.5, 0.6) is 17.4 Å². The number of halogens is 3. The van der Waals surface area contributed by atoms with E-state index in [9.17, 15) is 22.0 Å². The van der Waals surface area contributed by atoms with Gasteiger partial charge in [-0.15, -0.1) is 0 Å². The number of carbonyl (C=O) groups excluding carboxylic acids is 1. The fraction of sp³-hybridized carbons (Fsp3) is 0.294. The second kappa shape index (κ2) is 8.70. The van der Waals surface area contributed by atoms with Crippen LogP contribution in [0.15, 0.2) is 24.4 Å². The molecular weight excluding hydrogens is 418 g/mol. The minimum atomic E-state index is -3.93. The van der Waals surface area contributed by atoms with Gasteiger partial charge in [-0.3, -0.25) is 4.79 Å². The molecule has 0 fully saturated rings. The summed E-state index contributed by atoms with van der Waals surface area (Å²) in [7, 11) is -3.93. The number of hydrogen-bond donors (Lipinski definition) is 1. The van der Waals surface area contributed by atoms with Gasteiger partial charge in [0, 0.05) is 12.1 Å². The van der Waals surface area contributed by atoms with Gasteiger partial charge >= 0.3 is 0 Å². The maximum atomic E-state index is 14.2. The molecule has 1 aromatic carbocycles. The van der Waals surface area contributed by atoms with Gasteiger partial charge in [0.15, 0.2) is 11.6 Å². The van der Waals surface area contributed by atoms with Crippen LogP contribution in [-0.4, -0.2) is 32.2 Å². The van der Waals surface area contributed by atoms with Gasteiger partial charge in [-0.25, -0.2) is 26.9 Å². The molecule has 2 rings (SSSR count). The zero-order valence-corrected chi connectivity index (χ0v) is 16.7. The maximum absolute atomic E-state index is 14.2. The molecule has 7 nitrogen and oxygen atoms in total. The molecular formula is C17H17ClF2N2O5S. The summed E-state index contributed by atoms with van der Waals surface area (Å²) in [5.41, 5.74) is -0.788. The molecule has 0 aliphatic rings. The quantitative estimate of drug-likeness (QED) is 0.716. The number of ether oxygens (including phenoxy) is 2. The van der Waals surface area contributed by atoms with E-state index in [4.69, 9.17) is 21.1 Å². The Morgan fingerprint density at radius 3 is 2.50 bits per heavy atom. The van der Waals surface area contributed by atoms with E-state index in [2.05, 4.69) is 4.98 Å². The molecule has 2 aromatic rings. The van der Waals surface area contributed by atoms with E-state index < -0.39 is 38.9 Å². The summed E-state index contributed by atoms with van der Waals surface area (Å²) in [6, 6.07) is 2.45. The number of carbonyl (C=O) groups is 1. The fourth-order valence-electron chi connectivity index (χ4n) is 1.95. The number of hydrogen-bond acceptors (Lipinski definition) is 6. The largest absolute Gasteiger partial charge is 0.476 e. The topological polar surface area (TPSA) is 94.6 Å². The third-order valence-electron chi connectivity index (χ3n) is 3.11. The summed E-state index contributed by atoms with van der Waals surface area (Å²) in [4.78, 5) is 15.7. The monoisotopic (exact) mass is 434 g/mol. The zero-order chi connectivity index (χ0) is 21.1. The van der Waals surface area contributed by atoms with E-state index >= 15 is 0 Å². The first-order valence-electron chi connectivity index (χ1n) is 7.93. The molecule has 0 aliphatic carbocycles. The molecule has 28 heavy (non-hydrogen) atoms. The molecule has 1 N–H and O–H groups in total. The van der Waals surface area contributed by atoms with Crippen LogP contribution in [0.1, 0.15) is 24.2 Å². The number of rotatable bonds is 7. The molecule has 0 unspecified atom stereocenters. The van der Waals surface area contributed by atoms with Crippen molar-refractivity contribution in [3.05, 3.63) is 46.6 Å². The lowest BCUT2D eigenvalue weighted by atomic mass is 10.2. The third-order valence-corrected chi connectivity index (χ3v) is 3.93. The summed E-state index contributed by atoms with van der Waals surface area (Å²) < 4.78 is 62.6. The highest BCUT2D eigenvalue weighted by molar-refractivity contribution is 7.89. The van der Waals surface area contributed by atoms with E-state index in [1.807, 2.05) is 13.8 Å². The van der Waals surface area contributed by atoms with Crippen molar-refractivity contribution in [1.29, 1.82) is 0 Å². The summed E-state index contributed by atoms with van der Waals surface area (Å²) in [6.07, 6.45) is 1.92. The summed E-state index contributed by atoms with van der Waals surface area (Å²) in [5, 5.41) is 0.114. The zero-order valence-electron chi connectivity index (χ0n) is 15.1. The average Bonchev–Trinajstić information content (AvgIpc) is 2.55. The molecule has 1 heterocycles. The van der Waals surface area contributed by atoms with Gasteiger partial charge in [0.1, 0.15) is 16.6 Å². The van der Waals surface area contributed by atoms with Gasteiger partial charge in [-0.05, 0) is 12.0 Å². The van der Waals surface area contributed by atoms with Crippen LogP contribution in [0.3, 0.4) is 0 Å². The Labute approximate surface area is 165 Å². The average molecular weight is 435 g/mol. The molecule has 0 spiro atoms. The Balaban J connectivity index is 2.22. The van der Waals surface area contributed by atoms with Crippen molar-refractivity contribution in [3.63, 3.8) is 0 Å². The van der Waals surface area contributed by atoms with E-state index in [-0.39, 0.29) is 22.6 Å². The lowest BCUT2D eigenvalue weighted by Gasteiger charge is -2.12. The molecule has 11 heteroatoms. The number of nitrogens with zero attached hydrogens (tertiary/aromatic N) is 1. The normalized spacial score (nSPS) is 11.4. The third kappa shape index (κ3) is 6.03. The van der Waals surface area contributed by atoms with Crippen LogP contribution in [0, 0.1) is 17.6 Å². The highest BCUT2D eigenvalue weighted by Gasteiger charge is 2.20. The smallest absolute Gasteiger partial charge is 0.267 e. The Kier molecular flexibility index (Phi) is 6.78. The first kappa shape index (κ1) is 21.8. The van der Waals surface area contributed by atoms with Crippen LogP contribution in [0.4, 0.5) is 8.78 Å². The van der Waals surface area contributed by atoms with Crippen molar-refractivity contribution < 1.29 is 31.5 Å². The Morgan fingerprint density at radius 1 is 1.25 bits per heavy atom. The van der Waals surface area contributed by atoms with Gasteiger partial charge in [-0.2, -0.15) is 0 Å². The second-order valence-corrected chi connectivity index (χ2v) is 8.39. The number of amides is 1. The summed E-state index contributed by atoms with van der Waals surface area (Å²) in [6.45, 7) is 4.29. The van der Waals surface area contributed by atoms with E-state index in [0.29, 0.717) is 25.0 Å². The summed E-state index contributed by atoms with van der Waals surface area (Å²) in [5.74, 6) is -3.67. The van der Waals surface area contributed by atoms with Gasteiger partial charge in [0.25, 0.3) is 5.91 Å². The van der Waals surface area contributed by atoms with Crippen molar-refractivity contribution in [2.45, 2.75) is 13.8 Å². The van der Waals surface area contributed by atoms with Crippen LogP contribution in [0.25, 0.3) is 0 Å². The molecule has 0 saturated heterocycles. The highest BCUT2D eigenvalue weighted by Crippen LogP contribution is 2.31. The lowest BCUT2D eigenvalue weighted by molar-refractivity contribution is 0.0977. The van der Waals surface area contributed by atoms with E-state index in [1.165, 1.54) is 12.3 Å². The molecule has 0 atom stereocenters. The Morgan fingerprint density at radius 2 is 1.93 bits per heavy atom. The van der Waals surface area contributed by atoms with Crippen LogP contribution < -0.4 is 14.2 Å². The maximum Gasteiger partial charge on any atom is 0.267 e. The molecule has 1 amide bonds. The lowest BCUT2D eigenvalue weighted by Crippen LogP contribution is -2.30. The molecule has 0 aliphatic heterocycles. The van der Waals surface area contributed by atoms with Crippen LogP contribution in [0.2, 0.25) is 5.02 Å². The molecule has 0 saturated carbocycles. The SMILES string of the molecule is CC(C)COc1ncc(Oc2cc(F)c(C(=O)NS(C)(=O)=O)cc2F)cc1Cl. The predicted octanol–water partition coefficient (Wildman–Crippen LogP) is 3.53. The Bertz CT molecular complexity index is 999. The second-order valence-electron chi connectivity index (χ2n) is 6.23. The predicted molar refractivity (Wildman–Crippen MR) is 98.3 cm³/mol. The van der Waals surface area contributed by atoms with Crippen molar-refractivity contribution in [1.82, 2.24) is 9.71 Å².